The molecule has 0 aliphatic carbocycles. The van der Waals surface area contributed by atoms with Gasteiger partial charge in [0.2, 0.25) is 6.79 Å². The van der Waals surface area contributed by atoms with Gasteiger partial charge in [-0.3, -0.25) is 4.90 Å². The third kappa shape index (κ3) is 2.71. The van der Waals surface area contributed by atoms with Gasteiger partial charge < -0.3 is 14.8 Å². The predicted molar refractivity (Wildman–Crippen MR) is 82.3 cm³/mol. The summed E-state index contributed by atoms with van der Waals surface area (Å²) < 4.78 is 12.0. The first-order valence-corrected chi connectivity index (χ1v) is 7.73. The molecule has 2 aliphatic rings. The van der Waals surface area contributed by atoms with Crippen molar-refractivity contribution in [2.24, 2.45) is 0 Å². The molecular formula is C15H19BrN2O2. The van der Waals surface area contributed by atoms with Crippen LogP contribution < -0.4 is 14.8 Å². The SMILES string of the molecule is C=CC[C@@H](c1cc2c(cc1Br)OCO2)N1CCNCC1. The van der Waals surface area contributed by atoms with E-state index in [1.165, 1.54) is 5.56 Å². The number of nitrogens with one attached hydrogen (secondary N) is 1. The molecule has 0 unspecified atom stereocenters. The van der Waals surface area contributed by atoms with Crippen LogP contribution in [0.3, 0.4) is 0 Å². The average molecular weight is 339 g/mol. The van der Waals surface area contributed by atoms with Crippen LogP contribution >= 0.6 is 15.9 Å². The Morgan fingerprint density at radius 2 is 2.00 bits per heavy atom. The second kappa shape index (κ2) is 6.16. The summed E-state index contributed by atoms with van der Waals surface area (Å²) in [5, 5.41) is 3.40. The van der Waals surface area contributed by atoms with Gasteiger partial charge in [-0.1, -0.05) is 22.0 Å². The zero-order valence-corrected chi connectivity index (χ0v) is 13.0. The summed E-state index contributed by atoms with van der Waals surface area (Å²) in [7, 11) is 0. The second-order valence-corrected chi connectivity index (χ2v) is 5.91. The van der Waals surface area contributed by atoms with E-state index < -0.39 is 0 Å². The second-order valence-electron chi connectivity index (χ2n) is 5.05. The molecule has 1 aromatic rings. The van der Waals surface area contributed by atoms with Crippen molar-refractivity contribution in [3.05, 3.63) is 34.8 Å². The molecule has 0 spiro atoms. The van der Waals surface area contributed by atoms with Crippen LogP contribution in [-0.4, -0.2) is 37.9 Å². The van der Waals surface area contributed by atoms with Crippen molar-refractivity contribution in [2.75, 3.05) is 33.0 Å². The Labute approximate surface area is 127 Å². The van der Waals surface area contributed by atoms with Crippen LogP contribution in [0.15, 0.2) is 29.3 Å². The fourth-order valence-corrected chi connectivity index (χ4v) is 3.40. The number of nitrogens with zero attached hydrogens (tertiary/aromatic N) is 1. The zero-order valence-electron chi connectivity index (χ0n) is 11.4. The van der Waals surface area contributed by atoms with E-state index in [0.29, 0.717) is 12.8 Å². The number of rotatable bonds is 4. The van der Waals surface area contributed by atoms with E-state index in [-0.39, 0.29) is 0 Å². The molecule has 1 aromatic carbocycles. The quantitative estimate of drug-likeness (QED) is 0.856. The zero-order chi connectivity index (χ0) is 13.9. The molecule has 5 heteroatoms. The van der Waals surface area contributed by atoms with Crippen LogP contribution in [0.4, 0.5) is 0 Å². The van der Waals surface area contributed by atoms with E-state index in [2.05, 4.69) is 38.8 Å². The Hall–Kier alpha value is -1.04. The normalized spacial score (nSPS) is 19.9. The van der Waals surface area contributed by atoms with Crippen LogP contribution in [0.2, 0.25) is 0 Å². The summed E-state index contributed by atoms with van der Waals surface area (Å²) in [6, 6.07) is 4.44. The maximum Gasteiger partial charge on any atom is 0.231 e. The summed E-state index contributed by atoms with van der Waals surface area (Å²) in [6.45, 7) is 8.40. The molecule has 0 bridgehead atoms. The van der Waals surface area contributed by atoms with E-state index in [9.17, 15) is 0 Å². The summed E-state index contributed by atoms with van der Waals surface area (Å²) in [5.41, 5.74) is 1.25. The Morgan fingerprint density at radius 3 is 2.70 bits per heavy atom. The summed E-state index contributed by atoms with van der Waals surface area (Å²) in [4.78, 5) is 2.50. The molecule has 1 fully saturated rings. The minimum absolute atomic E-state index is 0.311. The lowest BCUT2D eigenvalue weighted by Gasteiger charge is -2.35. The lowest BCUT2D eigenvalue weighted by molar-refractivity contribution is 0.171. The van der Waals surface area contributed by atoms with Gasteiger partial charge in [0.1, 0.15) is 0 Å². The first kappa shape index (κ1) is 13.9. The third-order valence-electron chi connectivity index (χ3n) is 3.83. The number of fused-ring (bicyclic) bond motifs is 1. The van der Waals surface area contributed by atoms with E-state index in [4.69, 9.17) is 9.47 Å². The number of halogens is 1. The highest BCUT2D eigenvalue weighted by Crippen LogP contribution is 2.41. The molecule has 20 heavy (non-hydrogen) atoms. The molecule has 3 rings (SSSR count). The smallest absolute Gasteiger partial charge is 0.231 e. The lowest BCUT2D eigenvalue weighted by Crippen LogP contribution is -2.45. The van der Waals surface area contributed by atoms with Crippen molar-refractivity contribution >= 4 is 15.9 Å². The van der Waals surface area contributed by atoms with Crippen molar-refractivity contribution in [2.45, 2.75) is 12.5 Å². The van der Waals surface area contributed by atoms with Crippen molar-refractivity contribution in [3.8, 4) is 11.5 Å². The van der Waals surface area contributed by atoms with Gasteiger partial charge in [-0.15, -0.1) is 6.58 Å². The van der Waals surface area contributed by atoms with Gasteiger partial charge in [-0.2, -0.15) is 0 Å². The number of benzene rings is 1. The van der Waals surface area contributed by atoms with Crippen LogP contribution in [-0.2, 0) is 0 Å². The molecule has 2 aliphatic heterocycles. The number of hydrogen-bond donors (Lipinski definition) is 1. The van der Waals surface area contributed by atoms with Crippen molar-refractivity contribution in [1.82, 2.24) is 10.2 Å². The lowest BCUT2D eigenvalue weighted by atomic mass is 10.0. The fourth-order valence-electron chi connectivity index (χ4n) is 2.81. The van der Waals surface area contributed by atoms with Crippen LogP contribution in [0, 0.1) is 0 Å². The monoisotopic (exact) mass is 338 g/mol. The van der Waals surface area contributed by atoms with Gasteiger partial charge in [0, 0.05) is 36.7 Å². The Kier molecular flexibility index (Phi) is 4.29. The first-order valence-electron chi connectivity index (χ1n) is 6.94. The van der Waals surface area contributed by atoms with Crippen LogP contribution in [0.1, 0.15) is 18.0 Å². The van der Waals surface area contributed by atoms with E-state index in [1.54, 1.807) is 0 Å². The van der Waals surface area contributed by atoms with Gasteiger partial charge in [0.05, 0.1) is 0 Å². The van der Waals surface area contributed by atoms with Crippen LogP contribution in [0.25, 0.3) is 0 Å². The average Bonchev–Trinajstić information content (AvgIpc) is 2.92. The van der Waals surface area contributed by atoms with Gasteiger partial charge in [-0.05, 0) is 24.1 Å². The van der Waals surface area contributed by atoms with E-state index in [1.807, 2.05) is 12.1 Å². The van der Waals surface area contributed by atoms with Gasteiger partial charge in [0.15, 0.2) is 11.5 Å². The Balaban J connectivity index is 1.92. The molecule has 1 saturated heterocycles. The maximum absolute atomic E-state index is 5.51. The number of piperazine rings is 1. The topological polar surface area (TPSA) is 33.7 Å². The minimum atomic E-state index is 0.311. The minimum Gasteiger partial charge on any atom is -0.454 e. The van der Waals surface area contributed by atoms with Gasteiger partial charge >= 0.3 is 0 Å². The van der Waals surface area contributed by atoms with E-state index in [0.717, 1.165) is 48.6 Å². The molecule has 0 amide bonds. The number of hydrogen-bond acceptors (Lipinski definition) is 4. The van der Waals surface area contributed by atoms with Gasteiger partial charge in [0.25, 0.3) is 0 Å². The van der Waals surface area contributed by atoms with Gasteiger partial charge in [-0.25, -0.2) is 0 Å². The standard InChI is InChI=1S/C15H19BrN2O2/c1-2-3-13(18-6-4-17-5-7-18)11-8-14-15(9-12(11)16)20-10-19-14/h2,8-9,13,17H,1,3-7,10H2/t13-/m0/s1. The number of ether oxygens (including phenoxy) is 2. The van der Waals surface area contributed by atoms with Crippen LogP contribution in [0.5, 0.6) is 11.5 Å². The molecule has 1 atom stereocenters. The molecule has 0 radical (unpaired) electrons. The maximum atomic E-state index is 5.51. The van der Waals surface area contributed by atoms with Crippen molar-refractivity contribution in [1.29, 1.82) is 0 Å². The predicted octanol–water partition coefficient (Wildman–Crippen LogP) is 2.70. The molecule has 2 heterocycles. The highest BCUT2D eigenvalue weighted by molar-refractivity contribution is 9.10. The molecular weight excluding hydrogens is 320 g/mol. The van der Waals surface area contributed by atoms with Crippen molar-refractivity contribution < 1.29 is 9.47 Å². The fraction of sp³-hybridized carbons (Fsp3) is 0.467. The highest BCUT2D eigenvalue weighted by Gasteiger charge is 2.25. The first-order chi connectivity index (χ1) is 9.79. The summed E-state index contributed by atoms with van der Waals surface area (Å²) in [6.07, 6.45) is 2.92. The molecule has 1 N–H and O–H groups in total. The Bertz CT molecular complexity index is 501. The molecule has 0 aromatic heterocycles. The highest BCUT2D eigenvalue weighted by atomic mass is 79.9. The van der Waals surface area contributed by atoms with E-state index >= 15 is 0 Å². The summed E-state index contributed by atoms with van der Waals surface area (Å²) >= 11 is 3.67. The van der Waals surface area contributed by atoms with Crippen molar-refractivity contribution in [3.63, 3.8) is 0 Å². The largest absolute Gasteiger partial charge is 0.454 e. The Morgan fingerprint density at radius 1 is 1.30 bits per heavy atom. The molecule has 108 valence electrons. The molecule has 0 saturated carbocycles. The molecule has 4 nitrogen and oxygen atoms in total. The third-order valence-corrected chi connectivity index (χ3v) is 4.52. The summed E-state index contributed by atoms with van der Waals surface area (Å²) in [5.74, 6) is 1.66.